The molecule has 1 atom stereocenters. The zero-order valence-electron chi connectivity index (χ0n) is 12.8. The molecule has 1 unspecified atom stereocenters. The van der Waals surface area contributed by atoms with Crippen molar-refractivity contribution in [2.75, 3.05) is 14.2 Å². The lowest BCUT2D eigenvalue weighted by Gasteiger charge is -2.14. The molecule has 1 aromatic carbocycles. The maximum absolute atomic E-state index is 5.71. The average Bonchev–Trinajstić information content (AvgIpc) is 3.00. The lowest BCUT2D eigenvalue weighted by atomic mass is 10.1. The number of rotatable bonds is 7. The molecule has 0 bridgehead atoms. The van der Waals surface area contributed by atoms with E-state index in [0.717, 1.165) is 5.56 Å². The summed E-state index contributed by atoms with van der Waals surface area (Å²) in [5.41, 5.74) is 1.13. The minimum absolute atomic E-state index is 0.247. The Hall–Kier alpha value is -2.08. The summed E-state index contributed by atoms with van der Waals surface area (Å²) < 4.78 is 16.1. The summed E-state index contributed by atoms with van der Waals surface area (Å²) in [4.78, 5) is 4.20. The van der Waals surface area contributed by atoms with E-state index in [-0.39, 0.29) is 12.6 Å². The van der Waals surface area contributed by atoms with Crippen LogP contribution in [-0.2, 0) is 13.0 Å². The van der Waals surface area contributed by atoms with Crippen LogP contribution in [0.3, 0.4) is 0 Å². The Balaban J connectivity index is 2.08. The molecule has 0 aliphatic rings. The second kappa shape index (κ2) is 7.08. The van der Waals surface area contributed by atoms with E-state index in [1.54, 1.807) is 7.11 Å². The van der Waals surface area contributed by atoms with E-state index in [0.29, 0.717) is 29.6 Å². The Bertz CT molecular complexity index is 583. The summed E-state index contributed by atoms with van der Waals surface area (Å²) in [7, 11) is 3.54. The van der Waals surface area contributed by atoms with Gasteiger partial charge in [-0.1, -0.05) is 18.1 Å². The van der Waals surface area contributed by atoms with E-state index >= 15 is 0 Å². The molecule has 2 rings (SSSR count). The second-order valence-electron chi connectivity index (χ2n) is 4.67. The van der Waals surface area contributed by atoms with Gasteiger partial charge in [-0.25, -0.2) is 0 Å². The van der Waals surface area contributed by atoms with E-state index in [2.05, 4.69) is 22.4 Å². The Morgan fingerprint density at radius 3 is 2.76 bits per heavy atom. The molecule has 0 radical (unpaired) electrons. The maximum Gasteiger partial charge on any atom is 0.226 e. The number of nitrogens with one attached hydrogen (secondary N) is 1. The highest BCUT2D eigenvalue weighted by Crippen LogP contribution is 2.30. The zero-order valence-corrected chi connectivity index (χ0v) is 12.8. The molecule has 1 aromatic heterocycles. The second-order valence-corrected chi connectivity index (χ2v) is 4.67. The van der Waals surface area contributed by atoms with Crippen molar-refractivity contribution >= 4 is 0 Å². The van der Waals surface area contributed by atoms with Gasteiger partial charge in [-0.3, -0.25) is 0 Å². The van der Waals surface area contributed by atoms with Crippen molar-refractivity contribution in [3.8, 4) is 11.5 Å². The molecule has 2 aromatic rings. The Labute approximate surface area is 124 Å². The molecule has 1 heterocycles. The van der Waals surface area contributed by atoms with Crippen LogP contribution in [0.25, 0.3) is 0 Å². The predicted molar refractivity (Wildman–Crippen MR) is 78.5 cm³/mol. The van der Waals surface area contributed by atoms with E-state index in [1.165, 1.54) is 0 Å². The third-order valence-electron chi connectivity index (χ3n) is 3.29. The average molecular weight is 291 g/mol. The fourth-order valence-corrected chi connectivity index (χ4v) is 1.87. The van der Waals surface area contributed by atoms with E-state index in [1.807, 2.05) is 32.2 Å². The van der Waals surface area contributed by atoms with Gasteiger partial charge in [-0.15, -0.1) is 0 Å². The molecule has 0 amide bonds. The van der Waals surface area contributed by atoms with Crippen LogP contribution in [0.2, 0.25) is 0 Å². The van der Waals surface area contributed by atoms with Gasteiger partial charge >= 0.3 is 0 Å². The Morgan fingerprint density at radius 1 is 1.33 bits per heavy atom. The Morgan fingerprint density at radius 2 is 2.14 bits per heavy atom. The number of aromatic nitrogens is 2. The summed E-state index contributed by atoms with van der Waals surface area (Å²) in [6.45, 7) is 4.30. The quantitative estimate of drug-likeness (QED) is 0.845. The van der Waals surface area contributed by atoms with Gasteiger partial charge < -0.3 is 19.3 Å². The minimum Gasteiger partial charge on any atom is -0.493 e. The van der Waals surface area contributed by atoms with Gasteiger partial charge in [-0.2, -0.15) is 4.98 Å². The third kappa shape index (κ3) is 3.72. The molecule has 114 valence electrons. The van der Waals surface area contributed by atoms with Crippen LogP contribution >= 0.6 is 0 Å². The molecular formula is C15H21N3O3. The van der Waals surface area contributed by atoms with Crippen LogP contribution in [0.5, 0.6) is 11.5 Å². The number of benzene rings is 1. The molecular weight excluding hydrogens is 270 g/mol. The molecule has 0 saturated carbocycles. The summed E-state index contributed by atoms with van der Waals surface area (Å²) in [5, 5.41) is 7.04. The summed E-state index contributed by atoms with van der Waals surface area (Å²) in [5.74, 6) is 2.49. The molecule has 0 aliphatic carbocycles. The minimum atomic E-state index is 0.247. The smallest absolute Gasteiger partial charge is 0.226 e. The van der Waals surface area contributed by atoms with Crippen molar-refractivity contribution in [2.45, 2.75) is 32.9 Å². The molecule has 0 spiro atoms. The Kier molecular flexibility index (Phi) is 5.16. The summed E-state index contributed by atoms with van der Waals surface area (Å²) in [6, 6.07) is 6.11. The molecule has 21 heavy (non-hydrogen) atoms. The number of hydrogen-bond acceptors (Lipinski definition) is 6. The topological polar surface area (TPSA) is 69.4 Å². The first kappa shape index (κ1) is 15.3. The summed E-state index contributed by atoms with van der Waals surface area (Å²) in [6.07, 6.45) is 0.715. The highest BCUT2D eigenvalue weighted by molar-refractivity contribution is 5.43. The van der Waals surface area contributed by atoms with E-state index in [4.69, 9.17) is 14.0 Å². The van der Waals surface area contributed by atoms with E-state index in [9.17, 15) is 0 Å². The largest absolute Gasteiger partial charge is 0.493 e. The van der Waals surface area contributed by atoms with Gasteiger partial charge in [0, 0.05) is 12.5 Å². The number of ether oxygens (including phenoxy) is 2. The maximum atomic E-state index is 5.71. The van der Waals surface area contributed by atoms with Crippen molar-refractivity contribution in [1.82, 2.24) is 15.5 Å². The van der Waals surface area contributed by atoms with Crippen LogP contribution < -0.4 is 14.8 Å². The highest BCUT2D eigenvalue weighted by atomic mass is 16.5. The number of hydrogen-bond donors (Lipinski definition) is 1. The fraction of sp³-hybridized carbons (Fsp3) is 0.467. The van der Waals surface area contributed by atoms with Gasteiger partial charge in [-0.05, 0) is 31.7 Å². The lowest BCUT2D eigenvalue weighted by Crippen LogP contribution is -2.12. The van der Waals surface area contributed by atoms with Crippen molar-refractivity contribution < 1.29 is 14.0 Å². The first-order valence-electron chi connectivity index (χ1n) is 6.97. The molecule has 0 fully saturated rings. The number of nitrogens with zero attached hydrogens (tertiary/aromatic N) is 2. The molecule has 0 saturated heterocycles. The van der Waals surface area contributed by atoms with Crippen LogP contribution in [0.1, 0.15) is 37.2 Å². The fourth-order valence-electron chi connectivity index (χ4n) is 1.87. The predicted octanol–water partition coefficient (Wildman–Crippen LogP) is 2.50. The van der Waals surface area contributed by atoms with Crippen LogP contribution in [-0.4, -0.2) is 24.3 Å². The molecule has 6 nitrogen and oxygen atoms in total. The number of aryl methyl sites for hydroxylation is 1. The van der Waals surface area contributed by atoms with Crippen molar-refractivity contribution in [3.05, 3.63) is 35.5 Å². The molecule has 0 aliphatic heterocycles. The first-order valence-corrected chi connectivity index (χ1v) is 6.97. The van der Waals surface area contributed by atoms with Gasteiger partial charge in [0.05, 0.1) is 7.11 Å². The van der Waals surface area contributed by atoms with Crippen molar-refractivity contribution in [1.29, 1.82) is 0 Å². The number of methoxy groups -OCH3 is 1. The molecule has 1 N–H and O–H groups in total. The summed E-state index contributed by atoms with van der Waals surface area (Å²) >= 11 is 0. The normalized spacial score (nSPS) is 12.2. The zero-order chi connectivity index (χ0) is 15.2. The standard InChI is InChI=1S/C15H21N3O3/c1-5-15-17-14(18-21-15)9-20-12-7-6-11(10(2)16-3)8-13(12)19-4/h6-8,10,16H,5,9H2,1-4H3. The molecule has 6 heteroatoms. The van der Waals surface area contributed by atoms with Crippen LogP contribution in [0.4, 0.5) is 0 Å². The van der Waals surface area contributed by atoms with Gasteiger partial charge in [0.25, 0.3) is 0 Å². The lowest BCUT2D eigenvalue weighted by molar-refractivity contribution is 0.269. The first-order chi connectivity index (χ1) is 10.2. The van der Waals surface area contributed by atoms with Crippen LogP contribution in [0.15, 0.2) is 22.7 Å². The van der Waals surface area contributed by atoms with Gasteiger partial charge in [0.2, 0.25) is 11.7 Å². The van der Waals surface area contributed by atoms with Crippen molar-refractivity contribution in [3.63, 3.8) is 0 Å². The monoisotopic (exact) mass is 291 g/mol. The van der Waals surface area contributed by atoms with E-state index < -0.39 is 0 Å². The highest BCUT2D eigenvalue weighted by Gasteiger charge is 2.11. The third-order valence-corrected chi connectivity index (χ3v) is 3.29. The SMILES string of the molecule is CCc1nc(COc2ccc(C(C)NC)cc2OC)no1. The van der Waals surface area contributed by atoms with Gasteiger partial charge in [0.1, 0.15) is 0 Å². The van der Waals surface area contributed by atoms with Gasteiger partial charge in [0.15, 0.2) is 18.1 Å². The van der Waals surface area contributed by atoms with Crippen LogP contribution in [0, 0.1) is 0 Å². The van der Waals surface area contributed by atoms with Crippen molar-refractivity contribution in [2.24, 2.45) is 0 Å².